The molecule has 0 spiro atoms. The number of hydrogen-bond donors (Lipinski definition) is 1. The number of alkyl halides is 3. The Morgan fingerprint density at radius 1 is 1.14 bits per heavy atom. The Morgan fingerprint density at radius 2 is 1.86 bits per heavy atom. The Morgan fingerprint density at radius 3 is 2.48 bits per heavy atom. The summed E-state index contributed by atoms with van der Waals surface area (Å²) < 4.78 is 49.9. The van der Waals surface area contributed by atoms with Crippen molar-refractivity contribution in [3.8, 4) is 17.2 Å². The number of halogens is 5. The lowest BCUT2D eigenvalue weighted by Crippen LogP contribution is -2.24. The van der Waals surface area contributed by atoms with Crippen molar-refractivity contribution in [2.75, 3.05) is 0 Å². The third-order valence-corrected chi connectivity index (χ3v) is 4.77. The highest BCUT2D eigenvalue weighted by atomic mass is 35.5. The van der Waals surface area contributed by atoms with Crippen LogP contribution in [0.2, 0.25) is 10.0 Å². The molecule has 154 valence electrons. The van der Waals surface area contributed by atoms with Gasteiger partial charge in [-0.05, 0) is 28.6 Å². The predicted molar refractivity (Wildman–Crippen MR) is 101 cm³/mol. The first-order chi connectivity index (χ1) is 13.6. The minimum atomic E-state index is -4.96. The number of aryl methyl sites for hydroxylation is 1. The van der Waals surface area contributed by atoms with Crippen LogP contribution in [-0.2, 0) is 13.7 Å². The van der Waals surface area contributed by atoms with E-state index >= 15 is 0 Å². The van der Waals surface area contributed by atoms with Crippen LogP contribution in [0.3, 0.4) is 0 Å². The van der Waals surface area contributed by atoms with Crippen LogP contribution in [0.4, 0.5) is 13.2 Å². The summed E-state index contributed by atoms with van der Waals surface area (Å²) in [6.45, 7) is -0.438. The van der Waals surface area contributed by atoms with Gasteiger partial charge in [0.1, 0.15) is 18.1 Å². The molecule has 0 bridgehead atoms. The van der Waals surface area contributed by atoms with Crippen molar-refractivity contribution in [1.82, 2.24) is 19.8 Å². The maximum atomic E-state index is 12.9. The van der Waals surface area contributed by atoms with E-state index in [1.165, 1.54) is 31.3 Å². The molecule has 3 aromatic rings. The van der Waals surface area contributed by atoms with E-state index in [-0.39, 0.29) is 27.0 Å². The number of hydrogen-bond acceptors (Lipinski definition) is 6. The third-order valence-electron chi connectivity index (χ3n) is 3.66. The highest BCUT2D eigenvalue weighted by Gasteiger charge is 2.33. The number of tetrazole rings is 1. The van der Waals surface area contributed by atoms with E-state index in [0.717, 1.165) is 15.4 Å². The quantitative estimate of drug-likeness (QED) is 0.574. The van der Waals surface area contributed by atoms with Crippen LogP contribution in [-0.4, -0.2) is 26.2 Å². The SMILES string of the molecule is Cn1nnn(-c2cccc(OC(F)(F)F)c2COc2cc(Cl)c(S)cc2Cl)c1=O. The molecule has 0 saturated heterocycles. The Hall–Kier alpha value is -2.37. The van der Waals surface area contributed by atoms with Gasteiger partial charge in [-0.25, -0.2) is 4.79 Å². The minimum absolute atomic E-state index is 0.00196. The van der Waals surface area contributed by atoms with Crippen molar-refractivity contribution < 1.29 is 22.6 Å². The van der Waals surface area contributed by atoms with Gasteiger partial charge in [0, 0.05) is 18.0 Å². The first kappa shape index (κ1) is 21.3. The van der Waals surface area contributed by atoms with E-state index in [4.69, 9.17) is 27.9 Å². The van der Waals surface area contributed by atoms with E-state index < -0.39 is 24.4 Å². The average molecular weight is 467 g/mol. The zero-order chi connectivity index (χ0) is 21.3. The second-order valence-electron chi connectivity index (χ2n) is 5.62. The summed E-state index contributed by atoms with van der Waals surface area (Å²) in [7, 11) is 1.35. The van der Waals surface area contributed by atoms with Crippen LogP contribution in [0.5, 0.6) is 11.5 Å². The van der Waals surface area contributed by atoms with Crippen LogP contribution in [0.25, 0.3) is 5.69 Å². The molecule has 0 atom stereocenters. The van der Waals surface area contributed by atoms with Gasteiger partial charge in [-0.2, -0.15) is 9.36 Å². The minimum Gasteiger partial charge on any atom is -0.487 e. The molecular weight excluding hydrogens is 456 g/mol. The topological polar surface area (TPSA) is 71.2 Å². The Bertz CT molecular complexity index is 1120. The average Bonchev–Trinajstić information content (AvgIpc) is 2.95. The lowest BCUT2D eigenvalue weighted by atomic mass is 10.1. The molecule has 13 heteroatoms. The zero-order valence-electron chi connectivity index (χ0n) is 14.4. The van der Waals surface area contributed by atoms with Gasteiger partial charge in [-0.1, -0.05) is 29.3 Å². The van der Waals surface area contributed by atoms with Crippen molar-refractivity contribution in [3.63, 3.8) is 0 Å². The molecule has 1 aromatic heterocycles. The molecular formula is C16H11Cl2F3N4O3S. The Kier molecular flexibility index (Phi) is 6.01. The molecule has 0 N–H and O–H groups in total. The molecule has 7 nitrogen and oxygen atoms in total. The summed E-state index contributed by atoms with van der Waals surface area (Å²) in [5.74, 6) is -0.464. The first-order valence-electron chi connectivity index (χ1n) is 7.74. The van der Waals surface area contributed by atoms with E-state index in [9.17, 15) is 18.0 Å². The van der Waals surface area contributed by atoms with Crippen molar-refractivity contribution in [2.24, 2.45) is 7.05 Å². The lowest BCUT2D eigenvalue weighted by molar-refractivity contribution is -0.275. The van der Waals surface area contributed by atoms with Crippen molar-refractivity contribution in [1.29, 1.82) is 0 Å². The standard InChI is InChI=1S/C16H11Cl2F3N4O3S/c1-24-15(26)25(23-22-24)11-3-2-4-12(28-16(19,20)21)8(11)7-27-13-5-10(18)14(29)6-9(13)17/h2-6,29H,7H2,1H3. The molecule has 0 unspecified atom stereocenters. The summed E-state index contributed by atoms with van der Waals surface area (Å²) in [6, 6.07) is 6.54. The highest BCUT2D eigenvalue weighted by Crippen LogP contribution is 2.35. The number of thiol groups is 1. The van der Waals surface area contributed by atoms with E-state index in [1.807, 2.05) is 0 Å². The van der Waals surface area contributed by atoms with Gasteiger partial charge in [-0.15, -0.1) is 25.8 Å². The number of ether oxygens (including phenoxy) is 2. The summed E-state index contributed by atoms with van der Waals surface area (Å²) >= 11 is 16.2. The molecule has 2 aromatic carbocycles. The smallest absolute Gasteiger partial charge is 0.487 e. The van der Waals surface area contributed by atoms with Gasteiger partial charge >= 0.3 is 12.1 Å². The van der Waals surface area contributed by atoms with Crippen LogP contribution >= 0.6 is 35.8 Å². The molecule has 0 aliphatic rings. The van der Waals surface area contributed by atoms with Crippen LogP contribution in [0, 0.1) is 0 Å². The van der Waals surface area contributed by atoms with Crippen LogP contribution in [0.15, 0.2) is 40.0 Å². The van der Waals surface area contributed by atoms with Gasteiger partial charge in [0.2, 0.25) is 0 Å². The van der Waals surface area contributed by atoms with Gasteiger partial charge < -0.3 is 9.47 Å². The summed E-state index contributed by atoms with van der Waals surface area (Å²) in [5.41, 5.74) is -0.775. The van der Waals surface area contributed by atoms with E-state index in [1.54, 1.807) is 0 Å². The first-order valence-corrected chi connectivity index (χ1v) is 8.95. The predicted octanol–water partition coefficient (Wildman–Crippen LogP) is 4.04. The summed E-state index contributed by atoms with van der Waals surface area (Å²) in [6.07, 6.45) is -4.96. The number of aromatic nitrogens is 4. The number of nitrogens with zero attached hydrogens (tertiary/aromatic N) is 4. The maximum absolute atomic E-state index is 12.9. The van der Waals surface area contributed by atoms with Crippen molar-refractivity contribution in [3.05, 3.63) is 56.4 Å². The maximum Gasteiger partial charge on any atom is 0.573 e. The molecule has 3 rings (SSSR count). The molecule has 0 radical (unpaired) electrons. The van der Waals surface area contributed by atoms with E-state index in [0.29, 0.717) is 4.90 Å². The van der Waals surface area contributed by atoms with Crippen LogP contribution in [0.1, 0.15) is 5.56 Å². The lowest BCUT2D eigenvalue weighted by Gasteiger charge is -2.17. The molecule has 0 aliphatic carbocycles. The van der Waals surface area contributed by atoms with E-state index in [2.05, 4.69) is 27.8 Å². The molecule has 0 aliphatic heterocycles. The number of rotatable bonds is 5. The summed E-state index contributed by atoms with van der Waals surface area (Å²) in [5, 5.41) is 7.59. The van der Waals surface area contributed by atoms with Gasteiger partial charge in [0.25, 0.3) is 0 Å². The third kappa shape index (κ3) is 4.80. The zero-order valence-corrected chi connectivity index (χ0v) is 16.9. The highest BCUT2D eigenvalue weighted by molar-refractivity contribution is 7.80. The molecule has 0 saturated carbocycles. The second-order valence-corrected chi connectivity index (χ2v) is 6.92. The van der Waals surface area contributed by atoms with Gasteiger partial charge in [-0.3, -0.25) is 0 Å². The Balaban J connectivity index is 2.06. The fourth-order valence-corrected chi connectivity index (χ4v) is 3.00. The van der Waals surface area contributed by atoms with Crippen molar-refractivity contribution in [2.45, 2.75) is 17.9 Å². The summed E-state index contributed by atoms with van der Waals surface area (Å²) in [4.78, 5) is 12.6. The molecule has 1 heterocycles. The molecule has 0 fully saturated rings. The molecule has 0 amide bonds. The Labute approximate surface area is 176 Å². The fourth-order valence-electron chi connectivity index (χ4n) is 2.36. The largest absolute Gasteiger partial charge is 0.573 e. The van der Waals surface area contributed by atoms with Crippen LogP contribution < -0.4 is 15.2 Å². The monoisotopic (exact) mass is 466 g/mol. The fraction of sp³-hybridized carbons (Fsp3) is 0.188. The normalized spacial score (nSPS) is 11.6. The molecule has 29 heavy (non-hydrogen) atoms. The number of benzene rings is 2. The second kappa shape index (κ2) is 8.17. The van der Waals surface area contributed by atoms with Gasteiger partial charge in [0.05, 0.1) is 21.3 Å². The van der Waals surface area contributed by atoms with Crippen molar-refractivity contribution >= 4 is 35.8 Å². The van der Waals surface area contributed by atoms with Gasteiger partial charge in [0.15, 0.2) is 0 Å².